The molecule has 10 heteroatoms. The van der Waals surface area contributed by atoms with Gasteiger partial charge in [-0.15, -0.1) is 17.9 Å². The highest BCUT2D eigenvalue weighted by atomic mass is 32.2. The normalized spacial score (nSPS) is 11.4. The Morgan fingerprint density at radius 1 is 1.18 bits per heavy atom. The Bertz CT molecular complexity index is 1510. The number of hydrogen-bond donors (Lipinski definition) is 0. The van der Waals surface area contributed by atoms with Crippen molar-refractivity contribution in [2.45, 2.75) is 11.4 Å². The largest absolute Gasteiger partial charge is 0.289 e. The fraction of sp³-hybridized carbons (Fsp3) is 0.130. The van der Waals surface area contributed by atoms with Crippen LogP contribution in [0.15, 0.2) is 82.6 Å². The summed E-state index contributed by atoms with van der Waals surface area (Å²) in [5.41, 5.74) is 1.62. The van der Waals surface area contributed by atoms with E-state index < -0.39 is 9.84 Å². The molecule has 0 spiro atoms. The number of amides is 1. The molecular formula is C23H20N4O4S2. The summed E-state index contributed by atoms with van der Waals surface area (Å²) in [6.07, 6.45) is 4.10. The lowest BCUT2D eigenvalue weighted by atomic mass is 10.2. The van der Waals surface area contributed by atoms with Gasteiger partial charge >= 0.3 is 0 Å². The van der Waals surface area contributed by atoms with Crippen LogP contribution in [-0.4, -0.2) is 41.7 Å². The number of sulfone groups is 1. The number of hydrogen-bond acceptors (Lipinski definition) is 7. The van der Waals surface area contributed by atoms with Gasteiger partial charge in [0.2, 0.25) is 5.91 Å². The van der Waals surface area contributed by atoms with Gasteiger partial charge in [-0.2, -0.15) is 0 Å². The van der Waals surface area contributed by atoms with Crippen LogP contribution in [0, 0.1) is 0 Å². The Balaban J connectivity index is 1.60. The topological polar surface area (TPSA) is 102 Å². The predicted octanol–water partition coefficient (Wildman–Crippen LogP) is 3.14. The molecule has 4 rings (SSSR count). The number of anilines is 1. The third-order valence-corrected chi connectivity index (χ3v) is 6.94. The van der Waals surface area contributed by atoms with E-state index in [-0.39, 0.29) is 29.5 Å². The molecule has 0 bridgehead atoms. The van der Waals surface area contributed by atoms with Crippen molar-refractivity contribution in [3.05, 3.63) is 83.2 Å². The van der Waals surface area contributed by atoms with Crippen molar-refractivity contribution >= 4 is 43.1 Å². The molecule has 0 atom stereocenters. The van der Waals surface area contributed by atoms with Crippen molar-refractivity contribution in [3.63, 3.8) is 0 Å². The number of carbonyl (C=O) groups is 1. The maximum absolute atomic E-state index is 13.1. The lowest BCUT2D eigenvalue weighted by Gasteiger charge is -2.18. The minimum Gasteiger partial charge on any atom is -0.289 e. The van der Waals surface area contributed by atoms with Gasteiger partial charge in [0, 0.05) is 23.7 Å². The van der Waals surface area contributed by atoms with E-state index >= 15 is 0 Å². The Kier molecular flexibility index (Phi) is 6.21. The zero-order valence-corrected chi connectivity index (χ0v) is 19.3. The third-order valence-electron chi connectivity index (χ3n) is 4.95. The first-order valence-corrected chi connectivity index (χ1v) is 12.7. The van der Waals surface area contributed by atoms with E-state index in [1.807, 2.05) is 0 Å². The molecule has 0 aliphatic heterocycles. The molecular weight excluding hydrogens is 460 g/mol. The fourth-order valence-corrected chi connectivity index (χ4v) is 4.75. The zero-order chi connectivity index (χ0) is 23.6. The fourth-order valence-electron chi connectivity index (χ4n) is 3.26. The van der Waals surface area contributed by atoms with Crippen molar-refractivity contribution in [2.75, 3.05) is 17.7 Å². The standard InChI is InChI=1S/C23H20N4O4S2/c1-3-12-27(21(28)13-26-15-24-19-7-5-4-6-18(19)22(26)29)23-25-20(14-32-23)16-8-10-17(11-9-16)33(2,30)31/h3-11,14-15H,1,12-13H2,2H3. The van der Waals surface area contributed by atoms with Gasteiger partial charge in [0.05, 0.1) is 27.8 Å². The van der Waals surface area contributed by atoms with E-state index in [0.29, 0.717) is 21.7 Å². The first-order chi connectivity index (χ1) is 15.8. The Hall–Kier alpha value is -3.63. The van der Waals surface area contributed by atoms with Gasteiger partial charge in [-0.05, 0) is 24.3 Å². The van der Waals surface area contributed by atoms with Crippen LogP contribution in [0.3, 0.4) is 0 Å². The minimum absolute atomic E-state index is 0.192. The number of aromatic nitrogens is 3. The Morgan fingerprint density at radius 2 is 1.91 bits per heavy atom. The lowest BCUT2D eigenvalue weighted by Crippen LogP contribution is -2.36. The molecule has 0 N–H and O–H groups in total. The molecule has 0 aliphatic rings. The van der Waals surface area contributed by atoms with E-state index in [1.54, 1.807) is 47.9 Å². The summed E-state index contributed by atoms with van der Waals surface area (Å²) in [6.45, 7) is 3.74. The molecule has 8 nitrogen and oxygen atoms in total. The molecule has 4 aromatic rings. The van der Waals surface area contributed by atoms with Crippen LogP contribution in [-0.2, 0) is 21.2 Å². The lowest BCUT2D eigenvalue weighted by molar-refractivity contribution is -0.119. The molecule has 0 aliphatic carbocycles. The summed E-state index contributed by atoms with van der Waals surface area (Å²) in [5.74, 6) is -0.331. The van der Waals surface area contributed by atoms with E-state index in [9.17, 15) is 18.0 Å². The number of para-hydroxylation sites is 1. The second-order valence-electron chi connectivity index (χ2n) is 7.30. The van der Waals surface area contributed by atoms with Crippen LogP contribution < -0.4 is 10.5 Å². The van der Waals surface area contributed by atoms with Gasteiger partial charge in [0.25, 0.3) is 5.56 Å². The molecule has 2 aromatic heterocycles. The van der Waals surface area contributed by atoms with Crippen LogP contribution >= 0.6 is 11.3 Å². The van der Waals surface area contributed by atoms with E-state index in [0.717, 1.165) is 11.8 Å². The number of benzene rings is 2. The van der Waals surface area contributed by atoms with Gasteiger partial charge in [0.15, 0.2) is 15.0 Å². The van der Waals surface area contributed by atoms with Crippen LogP contribution in [0.1, 0.15) is 0 Å². The van der Waals surface area contributed by atoms with Gasteiger partial charge < -0.3 is 0 Å². The molecule has 1 amide bonds. The summed E-state index contributed by atoms with van der Waals surface area (Å²) in [7, 11) is -3.29. The number of nitrogens with zero attached hydrogens (tertiary/aromatic N) is 4. The zero-order valence-electron chi connectivity index (χ0n) is 17.7. The molecule has 2 aromatic carbocycles. The Labute approximate surface area is 194 Å². The molecule has 2 heterocycles. The SMILES string of the molecule is C=CCN(C(=O)Cn1cnc2ccccc2c1=O)c1nc(-c2ccc(S(C)(=O)=O)cc2)cs1. The van der Waals surface area contributed by atoms with Crippen molar-refractivity contribution < 1.29 is 13.2 Å². The molecule has 0 saturated carbocycles. The van der Waals surface area contributed by atoms with Crippen LogP contribution in [0.2, 0.25) is 0 Å². The first-order valence-electron chi connectivity index (χ1n) is 9.89. The summed E-state index contributed by atoms with van der Waals surface area (Å²) >= 11 is 1.27. The second kappa shape index (κ2) is 9.08. The number of thiazole rings is 1. The number of fused-ring (bicyclic) bond motifs is 1. The quantitative estimate of drug-likeness (QED) is 0.377. The van der Waals surface area contributed by atoms with E-state index in [2.05, 4.69) is 16.5 Å². The molecule has 0 radical (unpaired) electrons. The van der Waals surface area contributed by atoms with Gasteiger partial charge in [0.1, 0.15) is 6.54 Å². The average molecular weight is 481 g/mol. The second-order valence-corrected chi connectivity index (χ2v) is 10.2. The number of rotatable bonds is 7. The van der Waals surface area contributed by atoms with Crippen molar-refractivity contribution in [1.82, 2.24) is 14.5 Å². The van der Waals surface area contributed by atoms with Crippen molar-refractivity contribution in [1.29, 1.82) is 0 Å². The highest BCUT2D eigenvalue weighted by molar-refractivity contribution is 7.90. The van der Waals surface area contributed by atoms with Crippen LogP contribution in [0.25, 0.3) is 22.2 Å². The molecule has 0 saturated heterocycles. The highest BCUT2D eigenvalue weighted by Gasteiger charge is 2.20. The maximum atomic E-state index is 13.1. The summed E-state index contributed by atoms with van der Waals surface area (Å²) in [6, 6.07) is 13.4. The third kappa shape index (κ3) is 4.76. The smallest absolute Gasteiger partial charge is 0.261 e. The predicted molar refractivity (Wildman–Crippen MR) is 129 cm³/mol. The monoisotopic (exact) mass is 480 g/mol. The number of carbonyl (C=O) groups excluding carboxylic acids is 1. The maximum Gasteiger partial charge on any atom is 0.261 e. The minimum atomic E-state index is -3.29. The van der Waals surface area contributed by atoms with E-state index in [4.69, 9.17) is 0 Å². The molecule has 168 valence electrons. The van der Waals surface area contributed by atoms with E-state index in [1.165, 1.54) is 39.3 Å². The molecule has 33 heavy (non-hydrogen) atoms. The average Bonchev–Trinajstić information content (AvgIpc) is 3.29. The van der Waals surface area contributed by atoms with Crippen LogP contribution in [0.5, 0.6) is 0 Å². The Morgan fingerprint density at radius 3 is 2.61 bits per heavy atom. The van der Waals surface area contributed by atoms with Crippen molar-refractivity contribution in [3.8, 4) is 11.3 Å². The molecule has 0 unspecified atom stereocenters. The van der Waals surface area contributed by atoms with Gasteiger partial charge in [-0.3, -0.25) is 19.1 Å². The van der Waals surface area contributed by atoms with Gasteiger partial charge in [-0.1, -0.05) is 30.3 Å². The first kappa shape index (κ1) is 22.6. The van der Waals surface area contributed by atoms with Crippen LogP contribution in [0.4, 0.5) is 5.13 Å². The highest BCUT2D eigenvalue weighted by Crippen LogP contribution is 2.28. The summed E-state index contributed by atoms with van der Waals surface area (Å²) in [4.78, 5) is 36.3. The van der Waals surface area contributed by atoms with Crippen molar-refractivity contribution in [2.24, 2.45) is 0 Å². The molecule has 0 fully saturated rings. The summed E-state index contributed by atoms with van der Waals surface area (Å²) in [5, 5.41) is 2.68. The van der Waals surface area contributed by atoms with Gasteiger partial charge in [-0.25, -0.2) is 18.4 Å². The summed E-state index contributed by atoms with van der Waals surface area (Å²) < 4.78 is 24.6.